The Morgan fingerprint density at radius 1 is 0.792 bits per heavy atom. The van der Waals surface area contributed by atoms with Gasteiger partial charge in [0.2, 0.25) is 49.6 Å². The number of cyclic esters (lactones) is 1. The SMILES string of the molecule is CC[C@@]1(O)C(=O)OCc2c1cc1n(c2=O)Cc2c-1nc1ccc(NC(=O)CNC(=O)[C@H](Cc3ccccc3)NC(=O)CNC(=O)CNC(=O)CCCCCNC(=O)Cc3ccc4nc(S(C)(=O)=O)sc4c3)c3c1c2CCO3. The van der Waals surface area contributed by atoms with Crippen molar-refractivity contribution in [3.63, 3.8) is 0 Å². The van der Waals surface area contributed by atoms with E-state index >= 15 is 0 Å². The van der Waals surface area contributed by atoms with Crippen molar-refractivity contribution >= 4 is 89.4 Å². The van der Waals surface area contributed by atoms with Gasteiger partial charge in [-0.3, -0.25) is 33.6 Å². The predicted molar refractivity (Wildman–Crippen MR) is 281 cm³/mol. The number of nitrogens with zero attached hydrogens (tertiary/aromatic N) is 3. The summed E-state index contributed by atoms with van der Waals surface area (Å²) in [7, 11) is -3.43. The molecule has 0 fully saturated rings. The molecule has 0 radical (unpaired) electrons. The van der Waals surface area contributed by atoms with E-state index in [1.807, 2.05) is 0 Å². The van der Waals surface area contributed by atoms with E-state index in [1.165, 1.54) is 0 Å². The second-order valence-electron chi connectivity index (χ2n) is 19.0. The zero-order valence-corrected chi connectivity index (χ0v) is 43.7. The zero-order chi connectivity index (χ0) is 54.6. The number of thiazole rings is 1. The Hall–Kier alpha value is -8.09. The molecule has 7 N–H and O–H groups in total. The molecule has 6 aromatic rings. The maximum absolute atomic E-state index is 13.8. The fourth-order valence-corrected chi connectivity index (χ4v) is 11.5. The summed E-state index contributed by atoms with van der Waals surface area (Å²) in [6.45, 7) is 0.843. The molecule has 2 atom stereocenters. The van der Waals surface area contributed by atoms with Crippen LogP contribution in [0.5, 0.6) is 5.75 Å². The number of esters is 1. The lowest BCUT2D eigenvalue weighted by atomic mass is 9.86. The number of fused-ring (bicyclic) bond motifs is 6. The van der Waals surface area contributed by atoms with E-state index in [0.717, 1.165) is 34.3 Å². The molecule has 0 spiro atoms. The lowest BCUT2D eigenvalue weighted by Gasteiger charge is -2.31. The summed E-state index contributed by atoms with van der Waals surface area (Å²) < 4.78 is 37.2. The van der Waals surface area contributed by atoms with E-state index in [9.17, 15) is 51.9 Å². The molecule has 77 heavy (non-hydrogen) atoms. The lowest BCUT2D eigenvalue weighted by molar-refractivity contribution is -0.172. The number of anilines is 1. The van der Waals surface area contributed by atoms with Gasteiger partial charge >= 0.3 is 5.97 Å². The second kappa shape index (κ2) is 22.6. The zero-order valence-electron chi connectivity index (χ0n) is 42.0. The number of ether oxygens (including phenoxy) is 2. The van der Waals surface area contributed by atoms with Gasteiger partial charge in [-0.25, -0.2) is 23.2 Å². The van der Waals surface area contributed by atoms with Crippen molar-refractivity contribution < 1.29 is 56.6 Å². The molecule has 6 amide bonds. The molecule has 0 unspecified atom stereocenters. The summed E-state index contributed by atoms with van der Waals surface area (Å²) in [6, 6.07) is 17.9. The molecule has 3 aromatic heterocycles. The van der Waals surface area contributed by atoms with Crippen molar-refractivity contribution in [2.45, 2.75) is 87.4 Å². The fraction of sp³-hybridized carbons (Fsp3) is 0.358. The van der Waals surface area contributed by atoms with Gasteiger partial charge in [0.25, 0.3) is 5.56 Å². The Balaban J connectivity index is 0.725. The van der Waals surface area contributed by atoms with Gasteiger partial charge in [-0.05, 0) is 66.3 Å². The Bertz CT molecular complexity index is 3560. The van der Waals surface area contributed by atoms with Gasteiger partial charge in [0, 0.05) is 48.6 Å². The number of sulfone groups is 1. The first-order valence-corrected chi connectivity index (χ1v) is 27.7. The van der Waals surface area contributed by atoms with Gasteiger partial charge in [-0.1, -0.05) is 49.7 Å². The number of amides is 6. The monoisotopic (exact) mass is 1090 g/mol. The minimum absolute atomic E-state index is 0.0111. The largest absolute Gasteiger partial charge is 0.490 e. The van der Waals surface area contributed by atoms with Gasteiger partial charge in [0.05, 0.1) is 77.6 Å². The third-order valence-electron chi connectivity index (χ3n) is 13.6. The van der Waals surface area contributed by atoms with Crippen LogP contribution in [0.3, 0.4) is 0 Å². The van der Waals surface area contributed by atoms with Gasteiger partial charge < -0.3 is 51.0 Å². The average molecular weight is 1090 g/mol. The summed E-state index contributed by atoms with van der Waals surface area (Å²) in [5.74, 6) is -3.61. The molecule has 3 aromatic carbocycles. The van der Waals surface area contributed by atoms with Crippen LogP contribution in [-0.2, 0) is 86.2 Å². The first kappa shape index (κ1) is 53.7. The number of hydrogen-bond acceptors (Lipinski definition) is 16. The van der Waals surface area contributed by atoms with Gasteiger partial charge in [0.1, 0.15) is 12.6 Å². The number of carbonyl (C=O) groups is 7. The highest BCUT2D eigenvalue weighted by molar-refractivity contribution is 7.92. The van der Waals surface area contributed by atoms with Crippen molar-refractivity contribution in [1.82, 2.24) is 41.1 Å². The van der Waals surface area contributed by atoms with E-state index in [1.54, 1.807) is 78.2 Å². The van der Waals surface area contributed by atoms with Crippen molar-refractivity contribution in [1.29, 1.82) is 0 Å². The van der Waals surface area contributed by atoms with Crippen molar-refractivity contribution in [2.24, 2.45) is 0 Å². The number of carbonyl (C=O) groups excluding carboxylic acids is 7. The number of aliphatic hydroxyl groups is 1. The van der Waals surface area contributed by atoms with Crippen LogP contribution in [-0.4, -0.2) is 115 Å². The number of aromatic nitrogens is 3. The summed E-state index contributed by atoms with van der Waals surface area (Å²) in [5.41, 5.74) is 3.56. The number of pyridine rings is 2. The average Bonchev–Trinajstić information content (AvgIpc) is 4.20. The topological polar surface area (TPSA) is 312 Å². The molecular weight excluding hydrogens is 1030 g/mol. The molecule has 402 valence electrons. The molecule has 6 heterocycles. The van der Waals surface area contributed by atoms with Gasteiger partial charge in [-0.2, -0.15) is 0 Å². The minimum Gasteiger partial charge on any atom is -0.490 e. The van der Waals surface area contributed by atoms with Gasteiger partial charge in [0.15, 0.2) is 11.4 Å². The summed E-state index contributed by atoms with van der Waals surface area (Å²) in [4.78, 5) is 113. The molecule has 0 aliphatic carbocycles. The molecule has 0 bridgehead atoms. The van der Waals surface area contributed by atoms with Crippen molar-refractivity contribution in [2.75, 3.05) is 44.4 Å². The molecule has 24 heteroatoms. The Kier molecular flexibility index (Phi) is 15.8. The maximum Gasteiger partial charge on any atom is 0.343 e. The first-order valence-electron chi connectivity index (χ1n) is 25.0. The van der Waals surface area contributed by atoms with Crippen LogP contribution in [0.2, 0.25) is 0 Å². The van der Waals surface area contributed by atoms with Crippen LogP contribution in [0.15, 0.2) is 75.9 Å². The quantitative estimate of drug-likeness (QED) is 0.0400. The Labute approximate surface area is 444 Å². The van der Waals surface area contributed by atoms with Crippen LogP contribution < -0.4 is 42.2 Å². The highest BCUT2D eigenvalue weighted by Crippen LogP contribution is 2.45. The van der Waals surface area contributed by atoms with E-state index in [-0.39, 0.29) is 84.8 Å². The van der Waals surface area contributed by atoms with Crippen LogP contribution in [0.1, 0.15) is 72.4 Å². The molecule has 22 nitrogen and oxygen atoms in total. The Morgan fingerprint density at radius 3 is 2.32 bits per heavy atom. The van der Waals surface area contributed by atoms with E-state index in [2.05, 4.69) is 36.9 Å². The minimum atomic E-state index is -3.43. The van der Waals surface area contributed by atoms with E-state index in [4.69, 9.17) is 14.5 Å². The summed E-state index contributed by atoms with van der Waals surface area (Å²) in [5, 5.41) is 27.8. The number of nitrogens with one attached hydrogen (secondary N) is 6. The molecule has 9 rings (SSSR count). The molecule has 3 aliphatic heterocycles. The first-order chi connectivity index (χ1) is 36.9. The number of unbranched alkanes of at least 4 members (excludes halogenated alkanes) is 2. The third kappa shape index (κ3) is 11.8. The maximum atomic E-state index is 13.8. The van der Waals surface area contributed by atoms with Crippen molar-refractivity contribution in [3.8, 4) is 17.1 Å². The predicted octanol–water partition coefficient (Wildman–Crippen LogP) is 1.96. The highest BCUT2D eigenvalue weighted by Gasteiger charge is 2.46. The number of benzene rings is 3. The summed E-state index contributed by atoms with van der Waals surface area (Å²) >= 11 is 1.05. The molecule has 0 saturated heterocycles. The molecule has 3 aliphatic rings. The molecular formula is C53H55N9O13S2. The normalized spacial score (nSPS) is 15.5. The Morgan fingerprint density at radius 2 is 1.55 bits per heavy atom. The number of rotatable bonds is 21. The number of hydrogen-bond donors (Lipinski definition) is 7. The van der Waals surface area contributed by atoms with Gasteiger partial charge in [-0.15, -0.1) is 11.3 Å². The van der Waals surface area contributed by atoms with E-state index in [0.29, 0.717) is 81.7 Å². The summed E-state index contributed by atoms with van der Waals surface area (Å²) in [6.07, 6.45) is 3.63. The van der Waals surface area contributed by atoms with Crippen LogP contribution in [0, 0.1) is 0 Å². The van der Waals surface area contributed by atoms with E-state index < -0.39 is 64.2 Å². The third-order valence-corrected chi connectivity index (χ3v) is 16.3. The molecule has 0 saturated carbocycles. The lowest BCUT2D eigenvalue weighted by Crippen LogP contribution is -2.52. The van der Waals surface area contributed by atoms with Crippen LogP contribution in [0.25, 0.3) is 32.5 Å². The smallest absolute Gasteiger partial charge is 0.343 e. The van der Waals surface area contributed by atoms with Crippen LogP contribution in [0.4, 0.5) is 5.69 Å². The second-order valence-corrected chi connectivity index (χ2v) is 22.2. The van der Waals surface area contributed by atoms with Crippen LogP contribution >= 0.6 is 11.3 Å². The standard InChI is InChI=1S/C53H55N9O13S2/c1-3-53(71)34-23-39-47-32(27-62(39)50(69)33(34)28-75-51(53)70)31-17-19-74-48-37(16-15-36(60-47)46(31)48)58-45(67)26-57-49(68)38(20-29-10-6-4-7-11-29)59-44(66)25-56-43(65)24-55-41(63)12-8-5-9-18-54-42(64)22-30-13-14-35-40(21-30)76-52(61-35)77(2,72)73/h4,6-7,10-11,13-16,21,23,38,71H,3,5,8-9,12,17-20,22,24-28H2,1-2H3,(H,54,64)(H,55,63)(H,56,65)(H,57,68)(H,58,67)(H,59,66)/t38-,53-/m0/s1. The fourth-order valence-electron chi connectivity index (χ4n) is 9.59. The highest BCUT2D eigenvalue weighted by atomic mass is 32.2. The van der Waals surface area contributed by atoms with Crippen molar-refractivity contribution in [3.05, 3.63) is 110 Å².